The second-order valence-electron chi connectivity index (χ2n) is 4.40. The van der Waals surface area contributed by atoms with Crippen LogP contribution in [-0.2, 0) is 4.79 Å². The topological polar surface area (TPSA) is 98.7 Å². The maximum atomic E-state index is 11.7. The number of aliphatic carboxylic acids is 1. The third-order valence-corrected chi connectivity index (χ3v) is 3.74. The molecule has 4 N–H and O–H groups in total. The molecule has 0 fully saturated rings. The number of urea groups is 1. The molecule has 20 heavy (non-hydrogen) atoms. The minimum absolute atomic E-state index is 0.0137. The van der Waals surface area contributed by atoms with Gasteiger partial charge in [-0.1, -0.05) is 19.4 Å². The van der Waals surface area contributed by atoms with Gasteiger partial charge in [-0.15, -0.1) is 11.3 Å². The highest BCUT2D eigenvalue weighted by atomic mass is 32.1. The molecule has 112 valence electrons. The molecular weight excluding hydrogens is 280 g/mol. The summed E-state index contributed by atoms with van der Waals surface area (Å²) in [5.41, 5.74) is 0. The SMILES string of the molecule is CCCC(NC(=O)NCCC(O)C(=O)O)c1cccs1. The Bertz CT molecular complexity index is 422. The molecule has 0 aromatic carbocycles. The number of thiophene rings is 1. The minimum Gasteiger partial charge on any atom is -0.479 e. The van der Waals surface area contributed by atoms with Gasteiger partial charge in [0.2, 0.25) is 0 Å². The highest BCUT2D eigenvalue weighted by molar-refractivity contribution is 7.10. The number of carbonyl (C=O) groups excluding carboxylic acids is 1. The number of rotatable bonds is 8. The Labute approximate surface area is 121 Å². The summed E-state index contributed by atoms with van der Waals surface area (Å²) in [7, 11) is 0. The van der Waals surface area contributed by atoms with E-state index in [0.717, 1.165) is 17.7 Å². The van der Waals surface area contributed by atoms with Gasteiger partial charge in [0.15, 0.2) is 6.10 Å². The van der Waals surface area contributed by atoms with Gasteiger partial charge in [-0.3, -0.25) is 0 Å². The van der Waals surface area contributed by atoms with Crippen LogP contribution < -0.4 is 10.6 Å². The first kappa shape index (κ1) is 16.5. The molecule has 0 bridgehead atoms. The standard InChI is InChI=1S/C13H20N2O4S/c1-2-4-9(11-5-3-8-20-11)15-13(19)14-7-6-10(16)12(17)18/h3,5,8-10,16H,2,4,6-7H2,1H3,(H,17,18)(H2,14,15,19). The van der Waals surface area contributed by atoms with Gasteiger partial charge in [0.05, 0.1) is 6.04 Å². The predicted octanol–water partition coefficient (Wildman–Crippen LogP) is 1.72. The lowest BCUT2D eigenvalue weighted by Gasteiger charge is -2.17. The van der Waals surface area contributed by atoms with Crippen LogP contribution in [-0.4, -0.2) is 34.9 Å². The molecule has 0 radical (unpaired) electrons. The van der Waals surface area contributed by atoms with Crippen molar-refractivity contribution in [3.8, 4) is 0 Å². The summed E-state index contributed by atoms with van der Waals surface area (Å²) in [6, 6.07) is 3.52. The first-order chi connectivity index (χ1) is 9.54. The molecule has 2 unspecified atom stereocenters. The van der Waals surface area contributed by atoms with Crippen LogP contribution in [0.5, 0.6) is 0 Å². The van der Waals surface area contributed by atoms with E-state index in [4.69, 9.17) is 10.2 Å². The number of carbonyl (C=O) groups is 2. The summed E-state index contributed by atoms with van der Waals surface area (Å²) in [6.07, 6.45) is 0.325. The molecule has 0 saturated heterocycles. The summed E-state index contributed by atoms with van der Waals surface area (Å²) >= 11 is 1.59. The zero-order valence-electron chi connectivity index (χ0n) is 11.3. The van der Waals surface area contributed by atoms with Crippen LogP contribution in [0.4, 0.5) is 4.79 Å². The minimum atomic E-state index is -1.45. The average molecular weight is 300 g/mol. The first-order valence-electron chi connectivity index (χ1n) is 6.53. The van der Waals surface area contributed by atoms with Crippen molar-refractivity contribution >= 4 is 23.3 Å². The normalized spacial score (nSPS) is 13.5. The largest absolute Gasteiger partial charge is 0.479 e. The highest BCUT2D eigenvalue weighted by Crippen LogP contribution is 2.22. The van der Waals surface area contributed by atoms with Gasteiger partial charge >= 0.3 is 12.0 Å². The lowest BCUT2D eigenvalue weighted by atomic mass is 10.1. The van der Waals surface area contributed by atoms with Crippen molar-refractivity contribution in [1.82, 2.24) is 10.6 Å². The molecule has 0 spiro atoms. The monoisotopic (exact) mass is 300 g/mol. The maximum Gasteiger partial charge on any atom is 0.332 e. The highest BCUT2D eigenvalue weighted by Gasteiger charge is 2.16. The van der Waals surface area contributed by atoms with Crippen LogP contribution in [0.3, 0.4) is 0 Å². The van der Waals surface area contributed by atoms with Crippen molar-refractivity contribution in [2.75, 3.05) is 6.54 Å². The Morgan fingerprint density at radius 1 is 1.40 bits per heavy atom. The summed E-state index contributed by atoms with van der Waals surface area (Å²) in [5.74, 6) is -1.28. The number of nitrogens with one attached hydrogen (secondary N) is 2. The third-order valence-electron chi connectivity index (χ3n) is 2.76. The van der Waals surface area contributed by atoms with Crippen molar-refractivity contribution in [3.63, 3.8) is 0 Å². The summed E-state index contributed by atoms with van der Waals surface area (Å²) in [5, 5.41) is 25.0. The predicted molar refractivity (Wildman–Crippen MR) is 76.8 cm³/mol. The number of aliphatic hydroxyl groups is 1. The molecule has 0 saturated carbocycles. The van der Waals surface area contributed by atoms with Gasteiger partial charge in [-0.2, -0.15) is 0 Å². The van der Waals surface area contributed by atoms with Crippen LogP contribution in [0.15, 0.2) is 17.5 Å². The van der Waals surface area contributed by atoms with Crippen molar-refractivity contribution in [2.24, 2.45) is 0 Å². The van der Waals surface area contributed by atoms with E-state index < -0.39 is 12.1 Å². The molecule has 1 rings (SSSR count). The van der Waals surface area contributed by atoms with E-state index in [0.29, 0.717) is 0 Å². The quantitative estimate of drug-likeness (QED) is 0.587. The lowest BCUT2D eigenvalue weighted by molar-refractivity contribution is -0.146. The molecule has 0 aliphatic heterocycles. The second kappa shape index (κ2) is 8.55. The summed E-state index contributed by atoms with van der Waals surface area (Å²) in [6.45, 7) is 2.16. The number of hydrogen-bond acceptors (Lipinski definition) is 4. The Morgan fingerprint density at radius 3 is 2.70 bits per heavy atom. The van der Waals surface area contributed by atoms with Crippen molar-refractivity contribution in [1.29, 1.82) is 0 Å². The maximum absolute atomic E-state index is 11.7. The molecule has 1 aromatic heterocycles. The van der Waals surface area contributed by atoms with Crippen molar-refractivity contribution < 1.29 is 19.8 Å². The molecule has 7 heteroatoms. The second-order valence-corrected chi connectivity index (χ2v) is 5.38. The fourth-order valence-electron chi connectivity index (χ4n) is 1.72. The molecule has 2 amide bonds. The smallest absolute Gasteiger partial charge is 0.332 e. The molecule has 2 atom stereocenters. The molecule has 0 aliphatic rings. The van der Waals surface area contributed by atoms with Crippen LogP contribution >= 0.6 is 11.3 Å². The Balaban J connectivity index is 2.37. The zero-order valence-corrected chi connectivity index (χ0v) is 12.2. The Hall–Kier alpha value is -1.60. The Morgan fingerprint density at radius 2 is 2.15 bits per heavy atom. The van der Waals surface area contributed by atoms with Crippen LogP contribution in [0, 0.1) is 0 Å². The fraction of sp³-hybridized carbons (Fsp3) is 0.538. The van der Waals surface area contributed by atoms with E-state index in [2.05, 4.69) is 10.6 Å². The first-order valence-corrected chi connectivity index (χ1v) is 7.41. The van der Waals surface area contributed by atoms with Gasteiger partial charge in [0, 0.05) is 17.8 Å². The molecule has 1 heterocycles. The fourth-order valence-corrected chi connectivity index (χ4v) is 2.53. The van der Waals surface area contributed by atoms with Crippen molar-refractivity contribution in [2.45, 2.75) is 38.3 Å². The number of aliphatic hydroxyl groups excluding tert-OH is 1. The van der Waals surface area contributed by atoms with Crippen LogP contribution in [0.2, 0.25) is 0 Å². The molecule has 0 aliphatic carbocycles. The molecule has 6 nitrogen and oxygen atoms in total. The van der Waals surface area contributed by atoms with E-state index >= 15 is 0 Å². The number of hydrogen-bond donors (Lipinski definition) is 4. The number of carboxylic acid groups (broad SMARTS) is 1. The van der Waals surface area contributed by atoms with Crippen molar-refractivity contribution in [3.05, 3.63) is 22.4 Å². The number of carboxylic acids is 1. The van der Waals surface area contributed by atoms with E-state index in [1.54, 1.807) is 11.3 Å². The van der Waals surface area contributed by atoms with Gasteiger partial charge in [-0.25, -0.2) is 9.59 Å². The van der Waals surface area contributed by atoms with Gasteiger partial charge < -0.3 is 20.8 Å². The molecular formula is C13H20N2O4S. The Kier molecular flexibility index (Phi) is 7.03. The van der Waals surface area contributed by atoms with E-state index in [-0.39, 0.29) is 25.0 Å². The average Bonchev–Trinajstić information content (AvgIpc) is 2.91. The van der Waals surface area contributed by atoms with E-state index in [1.165, 1.54) is 0 Å². The third kappa shape index (κ3) is 5.58. The van der Waals surface area contributed by atoms with E-state index in [1.807, 2.05) is 24.4 Å². The van der Waals surface area contributed by atoms with Gasteiger partial charge in [-0.05, 0) is 17.9 Å². The summed E-state index contributed by atoms with van der Waals surface area (Å²) < 4.78 is 0. The summed E-state index contributed by atoms with van der Waals surface area (Å²) in [4.78, 5) is 23.2. The van der Waals surface area contributed by atoms with Crippen LogP contribution in [0.1, 0.15) is 37.1 Å². The van der Waals surface area contributed by atoms with E-state index in [9.17, 15) is 9.59 Å². The lowest BCUT2D eigenvalue weighted by Crippen LogP contribution is -2.39. The number of amides is 2. The van der Waals surface area contributed by atoms with Crippen LogP contribution in [0.25, 0.3) is 0 Å². The molecule has 1 aromatic rings. The zero-order chi connectivity index (χ0) is 15.0. The van der Waals surface area contributed by atoms with Gasteiger partial charge in [0.1, 0.15) is 0 Å². The van der Waals surface area contributed by atoms with Gasteiger partial charge in [0.25, 0.3) is 0 Å².